The van der Waals surface area contributed by atoms with Crippen molar-refractivity contribution in [2.45, 2.75) is 19.3 Å². The molecule has 106 valence electrons. The fourth-order valence-corrected chi connectivity index (χ4v) is 2.10. The third-order valence-electron chi connectivity index (χ3n) is 3.09. The number of ether oxygens (including phenoxy) is 1. The van der Waals surface area contributed by atoms with Gasteiger partial charge in [0, 0.05) is 13.1 Å². The van der Waals surface area contributed by atoms with Gasteiger partial charge in [0.05, 0.1) is 7.11 Å². The van der Waals surface area contributed by atoms with E-state index in [1.54, 1.807) is 0 Å². The molecule has 1 saturated heterocycles. The molecule has 0 amide bonds. The summed E-state index contributed by atoms with van der Waals surface area (Å²) in [6.45, 7) is 4.13. The molecular weight excluding hydrogens is 246 g/mol. The summed E-state index contributed by atoms with van der Waals surface area (Å²) in [5, 5.41) is 3.16. The number of aromatic nitrogens is 3. The summed E-state index contributed by atoms with van der Waals surface area (Å²) in [6.07, 6.45) is 3.93. The Morgan fingerprint density at radius 2 is 1.89 bits per heavy atom. The SMILES string of the molecule is COc1nc(NN)nc(NCCN2CCCCC2)n1. The van der Waals surface area contributed by atoms with Crippen LogP contribution in [-0.2, 0) is 0 Å². The van der Waals surface area contributed by atoms with Gasteiger partial charge in [0.15, 0.2) is 0 Å². The van der Waals surface area contributed by atoms with Crippen LogP contribution in [0.3, 0.4) is 0 Å². The normalized spacial score (nSPS) is 16.1. The van der Waals surface area contributed by atoms with Crippen LogP contribution in [-0.4, -0.2) is 53.1 Å². The van der Waals surface area contributed by atoms with Gasteiger partial charge in [0.1, 0.15) is 0 Å². The lowest BCUT2D eigenvalue weighted by atomic mass is 10.1. The van der Waals surface area contributed by atoms with E-state index in [0.29, 0.717) is 5.95 Å². The van der Waals surface area contributed by atoms with Gasteiger partial charge in [-0.15, -0.1) is 0 Å². The van der Waals surface area contributed by atoms with Gasteiger partial charge in [-0.3, -0.25) is 5.43 Å². The predicted octanol–water partition coefficient (Wildman–Crippen LogP) is 0.0636. The van der Waals surface area contributed by atoms with E-state index < -0.39 is 0 Å². The Labute approximate surface area is 112 Å². The van der Waals surface area contributed by atoms with Crippen molar-refractivity contribution in [3.63, 3.8) is 0 Å². The van der Waals surface area contributed by atoms with Crippen LogP contribution in [0, 0.1) is 0 Å². The van der Waals surface area contributed by atoms with E-state index in [9.17, 15) is 0 Å². The van der Waals surface area contributed by atoms with Gasteiger partial charge in [-0.1, -0.05) is 6.42 Å². The average molecular weight is 267 g/mol. The zero-order valence-corrected chi connectivity index (χ0v) is 11.2. The second kappa shape index (κ2) is 7.05. The first kappa shape index (κ1) is 13.8. The number of piperidine rings is 1. The highest BCUT2D eigenvalue weighted by molar-refractivity contribution is 5.34. The summed E-state index contributed by atoms with van der Waals surface area (Å²) >= 11 is 0. The van der Waals surface area contributed by atoms with Crippen molar-refractivity contribution in [3.05, 3.63) is 0 Å². The Kier molecular flexibility index (Phi) is 5.10. The van der Waals surface area contributed by atoms with Crippen molar-refractivity contribution < 1.29 is 4.74 Å². The zero-order chi connectivity index (χ0) is 13.5. The molecule has 1 aliphatic rings. The Bertz CT molecular complexity index is 372. The predicted molar refractivity (Wildman–Crippen MR) is 73.0 cm³/mol. The second-order valence-corrected chi connectivity index (χ2v) is 4.44. The van der Waals surface area contributed by atoms with Crippen LogP contribution in [0.4, 0.5) is 11.9 Å². The number of nitrogen functional groups attached to an aromatic ring is 1. The number of hydrazine groups is 1. The third kappa shape index (κ3) is 4.18. The number of methoxy groups -OCH3 is 1. The van der Waals surface area contributed by atoms with Crippen molar-refractivity contribution in [2.24, 2.45) is 5.84 Å². The van der Waals surface area contributed by atoms with Crippen LogP contribution < -0.4 is 21.3 Å². The topological polar surface area (TPSA) is 101 Å². The maximum absolute atomic E-state index is 5.29. The fourth-order valence-electron chi connectivity index (χ4n) is 2.10. The maximum atomic E-state index is 5.29. The van der Waals surface area contributed by atoms with Crippen molar-refractivity contribution >= 4 is 11.9 Å². The molecule has 8 nitrogen and oxygen atoms in total. The van der Waals surface area contributed by atoms with Crippen LogP contribution in [0.5, 0.6) is 6.01 Å². The Balaban J connectivity index is 1.84. The second-order valence-electron chi connectivity index (χ2n) is 4.44. The molecule has 0 aromatic carbocycles. The summed E-state index contributed by atoms with van der Waals surface area (Å²) in [5.74, 6) is 6.05. The highest BCUT2D eigenvalue weighted by atomic mass is 16.5. The first-order valence-electron chi connectivity index (χ1n) is 6.54. The highest BCUT2D eigenvalue weighted by Gasteiger charge is 2.10. The van der Waals surface area contributed by atoms with Gasteiger partial charge in [-0.2, -0.15) is 15.0 Å². The molecule has 1 aromatic rings. The number of nitrogens with two attached hydrogens (primary N) is 1. The third-order valence-corrected chi connectivity index (χ3v) is 3.09. The Hall–Kier alpha value is -1.67. The van der Waals surface area contributed by atoms with Gasteiger partial charge in [-0.25, -0.2) is 5.84 Å². The van der Waals surface area contributed by atoms with Crippen molar-refractivity contribution in [1.82, 2.24) is 19.9 Å². The number of rotatable bonds is 6. The molecule has 0 saturated carbocycles. The molecule has 1 aliphatic heterocycles. The molecule has 8 heteroatoms. The summed E-state index contributed by atoms with van der Waals surface area (Å²) < 4.78 is 4.99. The lowest BCUT2D eigenvalue weighted by molar-refractivity contribution is 0.237. The fraction of sp³-hybridized carbons (Fsp3) is 0.727. The summed E-state index contributed by atoms with van der Waals surface area (Å²) in [5.41, 5.74) is 2.39. The van der Waals surface area contributed by atoms with Crippen molar-refractivity contribution in [2.75, 3.05) is 44.0 Å². The van der Waals surface area contributed by atoms with E-state index in [1.165, 1.54) is 39.5 Å². The van der Waals surface area contributed by atoms with E-state index in [1.807, 2.05) is 0 Å². The van der Waals surface area contributed by atoms with Crippen LogP contribution in [0.15, 0.2) is 0 Å². The lowest BCUT2D eigenvalue weighted by Gasteiger charge is -2.26. The van der Waals surface area contributed by atoms with Gasteiger partial charge < -0.3 is 15.0 Å². The molecule has 4 N–H and O–H groups in total. The molecule has 1 fully saturated rings. The summed E-state index contributed by atoms with van der Waals surface area (Å²) in [4.78, 5) is 14.6. The molecular formula is C11H21N7O. The molecule has 1 aromatic heterocycles. The van der Waals surface area contributed by atoms with E-state index in [-0.39, 0.29) is 12.0 Å². The number of anilines is 2. The van der Waals surface area contributed by atoms with Gasteiger partial charge in [0.25, 0.3) is 0 Å². The number of likely N-dealkylation sites (tertiary alicyclic amines) is 1. The number of nitrogens with zero attached hydrogens (tertiary/aromatic N) is 4. The molecule has 0 aliphatic carbocycles. The van der Waals surface area contributed by atoms with Crippen molar-refractivity contribution in [1.29, 1.82) is 0 Å². The van der Waals surface area contributed by atoms with Crippen LogP contribution in [0.25, 0.3) is 0 Å². The molecule has 0 bridgehead atoms. The monoisotopic (exact) mass is 267 g/mol. The number of hydrogen-bond donors (Lipinski definition) is 3. The van der Waals surface area contributed by atoms with E-state index >= 15 is 0 Å². The van der Waals surface area contributed by atoms with Crippen LogP contribution in [0.1, 0.15) is 19.3 Å². The van der Waals surface area contributed by atoms with Crippen LogP contribution >= 0.6 is 0 Å². The first-order chi connectivity index (χ1) is 9.31. The summed E-state index contributed by atoms with van der Waals surface area (Å²) in [6, 6.07) is 0.239. The van der Waals surface area contributed by atoms with E-state index in [2.05, 4.69) is 30.6 Å². The van der Waals surface area contributed by atoms with Gasteiger partial charge >= 0.3 is 6.01 Å². The molecule has 0 radical (unpaired) electrons. The smallest absolute Gasteiger partial charge is 0.322 e. The van der Waals surface area contributed by atoms with E-state index in [0.717, 1.165) is 13.1 Å². The van der Waals surface area contributed by atoms with Gasteiger partial charge in [0.2, 0.25) is 11.9 Å². The number of nitrogens with one attached hydrogen (secondary N) is 2. The quantitative estimate of drug-likeness (QED) is 0.491. The summed E-state index contributed by atoms with van der Waals surface area (Å²) in [7, 11) is 1.51. The minimum absolute atomic E-state index is 0.239. The molecule has 0 spiro atoms. The number of hydrogen-bond acceptors (Lipinski definition) is 8. The van der Waals surface area contributed by atoms with Crippen LogP contribution in [0.2, 0.25) is 0 Å². The standard InChI is InChI=1S/C11H21N7O/c1-19-11-15-9(14-10(16-11)17-12)13-5-8-18-6-3-2-4-7-18/h2-8,12H2,1H3,(H2,13,14,15,16,17). The molecule has 2 rings (SSSR count). The average Bonchev–Trinajstić information content (AvgIpc) is 2.48. The largest absolute Gasteiger partial charge is 0.467 e. The molecule has 0 unspecified atom stereocenters. The molecule has 2 heterocycles. The first-order valence-corrected chi connectivity index (χ1v) is 6.54. The minimum Gasteiger partial charge on any atom is -0.467 e. The van der Waals surface area contributed by atoms with Crippen molar-refractivity contribution in [3.8, 4) is 6.01 Å². The Morgan fingerprint density at radius 3 is 2.58 bits per heavy atom. The molecule has 19 heavy (non-hydrogen) atoms. The van der Waals surface area contributed by atoms with E-state index in [4.69, 9.17) is 10.6 Å². The zero-order valence-electron chi connectivity index (χ0n) is 11.2. The minimum atomic E-state index is 0.239. The maximum Gasteiger partial charge on any atom is 0.322 e. The Morgan fingerprint density at radius 1 is 1.16 bits per heavy atom. The highest BCUT2D eigenvalue weighted by Crippen LogP contribution is 2.10. The molecule has 0 atom stereocenters. The lowest BCUT2D eigenvalue weighted by Crippen LogP contribution is -2.34. The van der Waals surface area contributed by atoms with Gasteiger partial charge in [-0.05, 0) is 25.9 Å².